The lowest BCUT2D eigenvalue weighted by Crippen LogP contribution is -2.47. The fraction of sp³-hybridized carbons (Fsp3) is 0.545. The van der Waals surface area contributed by atoms with Gasteiger partial charge in [-0.2, -0.15) is 0 Å². The predicted molar refractivity (Wildman–Crippen MR) is 108 cm³/mol. The maximum atomic E-state index is 12.9. The molecular weight excluding hydrogens is 388 g/mol. The van der Waals surface area contributed by atoms with Gasteiger partial charge in [0.05, 0.1) is 6.04 Å². The zero-order valence-electron chi connectivity index (χ0n) is 16.9. The Morgan fingerprint density at radius 1 is 1.10 bits per heavy atom. The minimum Gasteiger partial charge on any atom is -0.480 e. The molecule has 0 aliphatic carbocycles. The molecule has 1 aromatic rings. The van der Waals surface area contributed by atoms with Gasteiger partial charge in [-0.25, -0.2) is 4.79 Å². The molecule has 0 spiro atoms. The lowest BCUT2D eigenvalue weighted by Gasteiger charge is -2.23. The van der Waals surface area contributed by atoms with E-state index in [9.17, 15) is 24.3 Å². The molecule has 0 radical (unpaired) electrons. The van der Waals surface area contributed by atoms with Gasteiger partial charge in [0.2, 0.25) is 11.8 Å². The van der Waals surface area contributed by atoms with Crippen molar-refractivity contribution >= 4 is 23.6 Å². The number of amides is 2. The highest BCUT2D eigenvalue weighted by molar-refractivity contribution is 5.93. The van der Waals surface area contributed by atoms with Crippen molar-refractivity contribution in [2.45, 2.75) is 63.1 Å². The van der Waals surface area contributed by atoms with E-state index in [1.54, 1.807) is 0 Å². The zero-order chi connectivity index (χ0) is 21.5. The van der Waals surface area contributed by atoms with Crippen molar-refractivity contribution < 1.29 is 29.0 Å². The maximum absolute atomic E-state index is 12.9. The average Bonchev–Trinajstić information content (AvgIpc) is 3.44. The second-order valence-electron chi connectivity index (χ2n) is 7.80. The maximum Gasteiger partial charge on any atom is 0.326 e. The smallest absolute Gasteiger partial charge is 0.326 e. The minimum atomic E-state index is -1.02. The molecule has 1 aromatic carbocycles. The molecule has 2 N–H and O–H groups in total. The van der Waals surface area contributed by atoms with Gasteiger partial charge in [0.15, 0.2) is 5.78 Å². The zero-order valence-corrected chi connectivity index (χ0v) is 16.9. The third-order valence-corrected chi connectivity index (χ3v) is 5.65. The number of carboxylic acids is 1. The largest absolute Gasteiger partial charge is 0.480 e. The first-order chi connectivity index (χ1) is 14.5. The van der Waals surface area contributed by atoms with E-state index in [1.165, 1.54) is 4.90 Å². The van der Waals surface area contributed by atoms with Crippen molar-refractivity contribution in [1.82, 2.24) is 10.2 Å². The van der Waals surface area contributed by atoms with Crippen LogP contribution in [-0.2, 0) is 30.3 Å². The van der Waals surface area contributed by atoms with Gasteiger partial charge in [0.25, 0.3) is 0 Å². The first kappa shape index (κ1) is 22.0. The molecule has 8 heteroatoms. The molecule has 30 heavy (non-hydrogen) atoms. The van der Waals surface area contributed by atoms with Crippen molar-refractivity contribution in [3.8, 4) is 0 Å². The van der Waals surface area contributed by atoms with Crippen LogP contribution < -0.4 is 5.32 Å². The average molecular weight is 416 g/mol. The standard InChI is InChI=1S/C22H28N2O6/c25-18(10-11-20(26)24-12-4-8-17(24)22(28)29)16(14-15-6-2-1-3-7-15)23-21(27)19-9-5-13-30-19/h1-3,6-7,16-17,19H,4-5,8-14H2,(H,23,27)(H,28,29)/t16?,17-,19?/m0/s1. The number of benzene rings is 1. The van der Waals surface area contributed by atoms with Gasteiger partial charge in [-0.05, 0) is 37.7 Å². The van der Waals surface area contributed by atoms with Crippen molar-refractivity contribution in [2.24, 2.45) is 0 Å². The van der Waals surface area contributed by atoms with E-state index in [4.69, 9.17) is 4.74 Å². The molecule has 2 unspecified atom stereocenters. The number of rotatable bonds is 9. The summed E-state index contributed by atoms with van der Waals surface area (Å²) in [6.45, 7) is 0.928. The highest BCUT2D eigenvalue weighted by Crippen LogP contribution is 2.19. The van der Waals surface area contributed by atoms with Crippen LogP contribution >= 0.6 is 0 Å². The van der Waals surface area contributed by atoms with Crippen molar-refractivity contribution in [3.05, 3.63) is 35.9 Å². The molecule has 3 rings (SSSR count). The van der Waals surface area contributed by atoms with Gasteiger partial charge in [-0.3, -0.25) is 14.4 Å². The van der Waals surface area contributed by atoms with Crippen LogP contribution in [0, 0.1) is 0 Å². The van der Waals surface area contributed by atoms with Crippen molar-refractivity contribution in [2.75, 3.05) is 13.2 Å². The number of carboxylic acid groups (broad SMARTS) is 1. The summed E-state index contributed by atoms with van der Waals surface area (Å²) >= 11 is 0. The SMILES string of the molecule is O=C(CCC(=O)N1CCC[C@H]1C(=O)O)C(Cc1ccccc1)NC(=O)C1CCCO1. The van der Waals surface area contributed by atoms with Crippen LogP contribution in [0.1, 0.15) is 44.1 Å². The molecule has 0 saturated carbocycles. The van der Waals surface area contributed by atoms with E-state index in [1.807, 2.05) is 30.3 Å². The lowest BCUT2D eigenvalue weighted by atomic mass is 9.98. The van der Waals surface area contributed by atoms with Crippen molar-refractivity contribution in [1.29, 1.82) is 0 Å². The number of carbonyl (C=O) groups excluding carboxylic acids is 3. The molecule has 0 aromatic heterocycles. The molecule has 2 aliphatic heterocycles. The van der Waals surface area contributed by atoms with E-state index in [2.05, 4.69) is 5.32 Å². The third kappa shape index (κ3) is 5.66. The number of nitrogens with one attached hydrogen (secondary N) is 1. The topological polar surface area (TPSA) is 113 Å². The lowest BCUT2D eigenvalue weighted by molar-refractivity contribution is -0.148. The summed E-state index contributed by atoms with van der Waals surface area (Å²) in [5, 5.41) is 12.0. The quantitative estimate of drug-likeness (QED) is 0.628. The monoisotopic (exact) mass is 416 g/mol. The number of likely N-dealkylation sites (tertiary alicyclic amines) is 1. The molecule has 2 fully saturated rings. The number of nitrogens with zero attached hydrogens (tertiary/aromatic N) is 1. The van der Waals surface area contributed by atoms with E-state index < -0.39 is 24.2 Å². The fourth-order valence-corrected chi connectivity index (χ4v) is 4.01. The number of hydrogen-bond acceptors (Lipinski definition) is 5. The van der Waals surface area contributed by atoms with Crippen molar-refractivity contribution in [3.63, 3.8) is 0 Å². The van der Waals surface area contributed by atoms with Gasteiger partial charge in [0, 0.05) is 26.0 Å². The van der Waals surface area contributed by atoms with Crippen LogP contribution in [0.5, 0.6) is 0 Å². The Hall–Kier alpha value is -2.74. The first-order valence-electron chi connectivity index (χ1n) is 10.5. The molecule has 3 atom stereocenters. The highest BCUT2D eigenvalue weighted by atomic mass is 16.5. The summed E-state index contributed by atoms with van der Waals surface area (Å²) in [6.07, 6.45) is 2.18. The Morgan fingerprint density at radius 3 is 2.53 bits per heavy atom. The van der Waals surface area contributed by atoms with Gasteiger partial charge < -0.3 is 20.1 Å². The predicted octanol–water partition coefficient (Wildman–Crippen LogP) is 1.32. The molecule has 2 aliphatic rings. The number of aliphatic carboxylic acids is 1. The number of ether oxygens (including phenoxy) is 1. The Bertz CT molecular complexity index is 775. The van der Waals surface area contributed by atoms with Crippen LogP contribution in [-0.4, -0.2) is 64.9 Å². The summed E-state index contributed by atoms with van der Waals surface area (Å²) < 4.78 is 5.41. The molecule has 0 bridgehead atoms. The van der Waals surface area contributed by atoms with Crippen LogP contribution in [0.4, 0.5) is 0 Å². The molecule has 2 heterocycles. The molecule has 8 nitrogen and oxygen atoms in total. The Balaban J connectivity index is 1.61. The Kier molecular flexibility index (Phi) is 7.57. The molecule has 162 valence electrons. The van der Waals surface area contributed by atoms with Crippen LogP contribution in [0.2, 0.25) is 0 Å². The number of carbonyl (C=O) groups is 4. The Morgan fingerprint density at radius 2 is 1.87 bits per heavy atom. The summed E-state index contributed by atoms with van der Waals surface area (Å²) in [6, 6.07) is 7.79. The van der Waals surface area contributed by atoms with E-state index >= 15 is 0 Å². The number of hydrogen-bond donors (Lipinski definition) is 2. The van der Waals surface area contributed by atoms with Gasteiger partial charge in [-0.15, -0.1) is 0 Å². The summed E-state index contributed by atoms with van der Waals surface area (Å²) in [7, 11) is 0. The third-order valence-electron chi connectivity index (χ3n) is 5.65. The van der Waals surface area contributed by atoms with Gasteiger partial charge >= 0.3 is 5.97 Å². The molecule has 2 amide bonds. The van der Waals surface area contributed by atoms with Gasteiger partial charge in [-0.1, -0.05) is 30.3 Å². The normalized spacial score (nSPS) is 21.9. The summed E-state index contributed by atoms with van der Waals surface area (Å²) in [5.74, 6) is -1.90. The number of Topliss-reactive ketones (excluding diaryl/α,β-unsaturated/α-hetero) is 1. The summed E-state index contributed by atoms with van der Waals surface area (Å²) in [5.41, 5.74) is 0.903. The summed E-state index contributed by atoms with van der Waals surface area (Å²) in [4.78, 5) is 50.5. The molecule has 2 saturated heterocycles. The Labute approximate surface area is 175 Å². The van der Waals surface area contributed by atoms with E-state index in [-0.39, 0.29) is 30.4 Å². The highest BCUT2D eigenvalue weighted by Gasteiger charge is 2.34. The van der Waals surface area contributed by atoms with Crippen LogP contribution in [0.15, 0.2) is 30.3 Å². The van der Waals surface area contributed by atoms with Crippen LogP contribution in [0.3, 0.4) is 0 Å². The fourth-order valence-electron chi connectivity index (χ4n) is 4.01. The number of ketones is 1. The van der Waals surface area contributed by atoms with Gasteiger partial charge in [0.1, 0.15) is 12.1 Å². The first-order valence-corrected chi connectivity index (χ1v) is 10.5. The van der Waals surface area contributed by atoms with E-state index in [0.717, 1.165) is 12.0 Å². The van der Waals surface area contributed by atoms with E-state index in [0.29, 0.717) is 38.8 Å². The second-order valence-corrected chi connectivity index (χ2v) is 7.80. The van der Waals surface area contributed by atoms with Crippen LogP contribution in [0.25, 0.3) is 0 Å². The second kappa shape index (κ2) is 10.3. The molecular formula is C22H28N2O6. The minimum absolute atomic E-state index is 0.0506.